The van der Waals surface area contributed by atoms with Crippen LogP contribution in [0.3, 0.4) is 0 Å². The van der Waals surface area contributed by atoms with Gasteiger partial charge >= 0.3 is 5.97 Å². The van der Waals surface area contributed by atoms with Crippen molar-refractivity contribution < 1.29 is 67.8 Å². The molecular formula is C49H67N4O14S3+. The van der Waals surface area contributed by atoms with Gasteiger partial charge in [0.05, 0.1) is 26.9 Å². The number of aliphatic carboxylic acids is 1. The maximum Gasteiger partial charge on any atom is 0.303 e. The minimum absolute atomic E-state index is 0.0214. The van der Waals surface area contributed by atoms with Crippen LogP contribution in [0.4, 0.5) is 11.4 Å². The molecule has 0 aromatic heterocycles. The summed E-state index contributed by atoms with van der Waals surface area (Å²) in [6, 6.07) is 8.70. The summed E-state index contributed by atoms with van der Waals surface area (Å²) < 4.78 is 105. The molecule has 2 aromatic carbocycles. The van der Waals surface area contributed by atoms with Crippen LogP contribution >= 0.6 is 0 Å². The first kappa shape index (κ1) is 55.9. The Labute approximate surface area is 411 Å². The molecule has 0 bridgehead atoms. The van der Waals surface area contributed by atoms with Crippen LogP contribution in [0.2, 0.25) is 0 Å². The zero-order chi connectivity index (χ0) is 51.5. The number of allylic oxidation sites excluding steroid dienone is 6. The zero-order valence-corrected chi connectivity index (χ0v) is 42.5. The summed E-state index contributed by atoms with van der Waals surface area (Å²) in [5.74, 6) is -3.10. The van der Waals surface area contributed by atoms with Crippen LogP contribution in [0.25, 0.3) is 0 Å². The van der Waals surface area contributed by atoms with Gasteiger partial charge in [-0.15, -0.1) is 0 Å². The van der Waals surface area contributed by atoms with Crippen LogP contribution in [-0.2, 0) is 60.4 Å². The van der Waals surface area contributed by atoms with Crippen LogP contribution in [0.1, 0.15) is 128 Å². The molecule has 0 aliphatic carbocycles. The molecule has 3 aliphatic heterocycles. The van der Waals surface area contributed by atoms with Crippen molar-refractivity contribution in [3.05, 3.63) is 83.6 Å². The Morgan fingerprint density at radius 1 is 0.800 bits per heavy atom. The van der Waals surface area contributed by atoms with E-state index < -0.39 is 64.7 Å². The first-order chi connectivity index (χ1) is 32.8. The first-order valence-corrected chi connectivity index (χ1v) is 28.3. The van der Waals surface area contributed by atoms with E-state index in [1.165, 1.54) is 24.3 Å². The molecule has 3 heterocycles. The minimum Gasteiger partial charge on any atom is -0.481 e. The Balaban J connectivity index is 1.50. The lowest BCUT2D eigenvalue weighted by Gasteiger charge is -2.30. The molecule has 2 unspecified atom stereocenters. The number of fused-ring (bicyclic) bond motifs is 5. The number of carboxylic acid groups (broad SMARTS) is 1. The molecule has 2 aromatic rings. The number of hydrogen-bond acceptors (Lipinski definition) is 11. The standard InChI is InChI=1S/C49H66N4O14S3/c1-48(2)39-32-37(69(62,63)64)22-24-41(39)52-28-15-7-11-20-45(55)51-34-35(47(58)50-27-14-6-12-21-46(56)57)31-36(54)17-8-5-13-26-49(3)40-33-38(70(65,66)67)23-25-42(40)53(29-16-30-68(59,60)61)44(49)19-10-4-9-18-43(48)52/h4,9-10,18-19,22-25,32-33,35H,5-8,11-17,20-21,26-31,34H2,1-3H3,(H5-,50,51,55,56,57,58,59,60,61,62,63,64,65,66,67)/p+1. The van der Waals surface area contributed by atoms with Crippen molar-refractivity contribution in [3.8, 4) is 0 Å². The average molecular weight is 1030 g/mol. The summed E-state index contributed by atoms with van der Waals surface area (Å²) in [6.07, 6.45) is 14.9. The molecule has 0 saturated heterocycles. The van der Waals surface area contributed by atoms with E-state index in [4.69, 9.17) is 5.11 Å². The fourth-order valence-corrected chi connectivity index (χ4v) is 11.1. The molecule has 5 rings (SSSR count). The van der Waals surface area contributed by atoms with Gasteiger partial charge < -0.3 is 20.6 Å². The highest BCUT2D eigenvalue weighted by molar-refractivity contribution is 7.86. The number of ketones is 1. The summed E-state index contributed by atoms with van der Waals surface area (Å²) in [5, 5.41) is 14.6. The van der Waals surface area contributed by atoms with Crippen LogP contribution in [-0.4, -0.2) is 110 Å². The van der Waals surface area contributed by atoms with Gasteiger partial charge in [0.15, 0.2) is 5.71 Å². The number of carbonyl (C=O) groups excluding carboxylic acids is 3. The Morgan fingerprint density at radius 2 is 1.47 bits per heavy atom. The number of carboxylic acids is 1. The van der Waals surface area contributed by atoms with Gasteiger partial charge in [0, 0.05) is 86.2 Å². The monoisotopic (exact) mass is 1030 g/mol. The number of anilines is 1. The molecule has 0 saturated carbocycles. The van der Waals surface area contributed by atoms with Gasteiger partial charge in [-0.3, -0.25) is 32.8 Å². The third-order valence-electron chi connectivity index (χ3n) is 13.4. The lowest BCUT2D eigenvalue weighted by Crippen LogP contribution is -2.40. The zero-order valence-electron chi connectivity index (χ0n) is 40.1. The predicted molar refractivity (Wildman–Crippen MR) is 264 cm³/mol. The van der Waals surface area contributed by atoms with E-state index in [1.807, 2.05) is 43.9 Å². The van der Waals surface area contributed by atoms with Gasteiger partial charge in [-0.25, -0.2) is 0 Å². The largest absolute Gasteiger partial charge is 0.481 e. The van der Waals surface area contributed by atoms with Gasteiger partial charge in [-0.05, 0) is 108 Å². The topological polar surface area (TPSA) is 282 Å². The number of hydrogen-bond donors (Lipinski definition) is 6. The molecule has 2 atom stereocenters. The van der Waals surface area contributed by atoms with E-state index in [-0.39, 0.29) is 73.2 Å². The highest BCUT2D eigenvalue weighted by Crippen LogP contribution is 2.51. The SMILES string of the molecule is CC1(C)C2=[N+](CCCCCC(=O)NCC(C(=O)NCCCCCC(=O)O)CC(=O)CCCCCC3(C)/C(=C/C=C/C=C/2)N(CCCS(=O)(=O)O)c2ccc(S(=O)(=O)O)cc23)c2ccc(S(=O)(=O)O)cc21. The van der Waals surface area contributed by atoms with Crippen molar-refractivity contribution in [3.63, 3.8) is 0 Å². The normalized spacial score (nSPS) is 22.7. The van der Waals surface area contributed by atoms with Gasteiger partial charge in [-0.2, -0.15) is 29.8 Å². The number of nitrogens with zero attached hydrogens (tertiary/aromatic N) is 2. The average Bonchev–Trinajstić information content (AvgIpc) is 3.62. The van der Waals surface area contributed by atoms with Crippen molar-refractivity contribution in [2.45, 2.75) is 138 Å². The van der Waals surface area contributed by atoms with E-state index >= 15 is 0 Å². The number of nitrogens with one attached hydrogen (secondary N) is 2. The van der Waals surface area contributed by atoms with E-state index in [2.05, 4.69) is 15.2 Å². The summed E-state index contributed by atoms with van der Waals surface area (Å²) in [4.78, 5) is 52.2. The minimum atomic E-state index is -4.63. The lowest BCUT2D eigenvalue weighted by molar-refractivity contribution is -0.438. The molecule has 2 amide bonds. The number of amides is 2. The van der Waals surface area contributed by atoms with Crippen LogP contribution in [0, 0.1) is 5.92 Å². The van der Waals surface area contributed by atoms with Crippen LogP contribution in [0.5, 0.6) is 0 Å². The Hall–Kier alpha value is -5.06. The number of benzene rings is 2. The third kappa shape index (κ3) is 15.0. The maximum atomic E-state index is 13.4. The van der Waals surface area contributed by atoms with Crippen molar-refractivity contribution in [2.24, 2.45) is 5.92 Å². The highest BCUT2D eigenvalue weighted by atomic mass is 32.2. The van der Waals surface area contributed by atoms with E-state index in [9.17, 15) is 58.1 Å². The third-order valence-corrected chi connectivity index (χ3v) is 15.9. The summed E-state index contributed by atoms with van der Waals surface area (Å²) >= 11 is 0. The highest BCUT2D eigenvalue weighted by Gasteiger charge is 2.46. The van der Waals surface area contributed by atoms with E-state index in [0.717, 1.165) is 11.4 Å². The molecule has 6 N–H and O–H groups in total. The number of carbonyl (C=O) groups is 4. The second kappa shape index (κ2) is 23.9. The quantitative estimate of drug-likeness (QED) is 0.0702. The Kier molecular flexibility index (Phi) is 19.1. The molecule has 18 nitrogen and oxygen atoms in total. The molecule has 0 fully saturated rings. The fourth-order valence-electron chi connectivity index (χ4n) is 9.62. The summed E-state index contributed by atoms with van der Waals surface area (Å²) in [5.41, 5.74) is 2.47. The van der Waals surface area contributed by atoms with Crippen LogP contribution in [0.15, 0.2) is 82.3 Å². The smallest absolute Gasteiger partial charge is 0.303 e. The maximum absolute atomic E-state index is 13.4. The second-order valence-corrected chi connectivity index (χ2v) is 23.4. The van der Waals surface area contributed by atoms with E-state index in [1.54, 1.807) is 24.3 Å². The number of rotatable bonds is 13. The molecule has 70 heavy (non-hydrogen) atoms. The molecule has 3 aliphatic rings. The van der Waals surface area contributed by atoms with Gasteiger partial charge in [0.2, 0.25) is 17.5 Å². The van der Waals surface area contributed by atoms with E-state index in [0.29, 0.717) is 93.3 Å². The summed E-state index contributed by atoms with van der Waals surface area (Å²) in [6.45, 7) is 6.67. The van der Waals surface area contributed by atoms with Gasteiger partial charge in [-0.1, -0.05) is 37.5 Å². The Morgan fingerprint density at radius 3 is 2.16 bits per heavy atom. The van der Waals surface area contributed by atoms with Gasteiger partial charge in [0.25, 0.3) is 30.4 Å². The van der Waals surface area contributed by atoms with Crippen molar-refractivity contribution in [2.75, 3.05) is 36.8 Å². The number of unbranched alkanes of at least 4 members (excludes halogenated alkanes) is 2. The Bertz CT molecular complexity index is 2760. The predicted octanol–water partition coefficient (Wildman–Crippen LogP) is 6.59. The molecule has 21 heteroatoms. The number of Topliss-reactive ketones (excluding diaryl/α,β-unsaturated/α-hetero) is 1. The second-order valence-electron chi connectivity index (χ2n) is 19.0. The van der Waals surface area contributed by atoms with Crippen molar-refractivity contribution in [1.29, 1.82) is 0 Å². The van der Waals surface area contributed by atoms with Gasteiger partial charge in [0.1, 0.15) is 12.3 Å². The molecule has 0 spiro atoms. The molecule has 0 radical (unpaired) electrons. The van der Waals surface area contributed by atoms with Crippen LogP contribution < -0.4 is 15.5 Å². The molecule has 384 valence electrons. The fraction of sp³-hybridized carbons (Fsp3) is 0.531. The first-order valence-electron chi connectivity index (χ1n) is 23.8. The summed E-state index contributed by atoms with van der Waals surface area (Å²) in [7, 11) is -13.5. The molecular weight excluding hydrogens is 965 g/mol. The lowest BCUT2D eigenvalue weighted by atomic mass is 9.77. The van der Waals surface area contributed by atoms with Crippen molar-refractivity contribution in [1.82, 2.24) is 10.6 Å². The van der Waals surface area contributed by atoms with Crippen molar-refractivity contribution >= 4 is 71.0 Å².